The SMILES string of the molecule is CC#CCCCOCCC(N)CCc1cn[nH]n1. The molecule has 0 spiro atoms. The Bertz CT molecular complexity index is 353. The average molecular weight is 250 g/mol. The molecule has 0 aliphatic rings. The van der Waals surface area contributed by atoms with Gasteiger partial charge in [0.05, 0.1) is 11.9 Å². The minimum atomic E-state index is 0.164. The van der Waals surface area contributed by atoms with Crippen LogP contribution in [0.2, 0.25) is 0 Å². The van der Waals surface area contributed by atoms with Gasteiger partial charge in [0.2, 0.25) is 0 Å². The number of nitrogens with one attached hydrogen (secondary N) is 1. The molecule has 0 radical (unpaired) electrons. The van der Waals surface area contributed by atoms with E-state index in [0.29, 0.717) is 0 Å². The zero-order chi connectivity index (χ0) is 13.1. The Labute approximate surface area is 108 Å². The van der Waals surface area contributed by atoms with E-state index < -0.39 is 0 Å². The number of aromatic amines is 1. The van der Waals surface area contributed by atoms with Gasteiger partial charge >= 0.3 is 0 Å². The number of hydrogen-bond donors (Lipinski definition) is 2. The lowest BCUT2D eigenvalue weighted by Gasteiger charge is -2.10. The summed E-state index contributed by atoms with van der Waals surface area (Å²) in [7, 11) is 0. The molecule has 1 unspecified atom stereocenters. The van der Waals surface area contributed by atoms with Crippen molar-refractivity contribution < 1.29 is 4.74 Å². The van der Waals surface area contributed by atoms with E-state index in [4.69, 9.17) is 10.5 Å². The highest BCUT2D eigenvalue weighted by atomic mass is 16.5. The van der Waals surface area contributed by atoms with Crippen molar-refractivity contribution in [3.8, 4) is 11.8 Å². The number of ether oxygens (including phenoxy) is 1. The highest BCUT2D eigenvalue weighted by molar-refractivity contribution is 4.94. The van der Waals surface area contributed by atoms with Crippen molar-refractivity contribution in [2.75, 3.05) is 13.2 Å². The maximum Gasteiger partial charge on any atom is 0.0825 e. The van der Waals surface area contributed by atoms with Gasteiger partial charge in [-0.25, -0.2) is 0 Å². The smallest absolute Gasteiger partial charge is 0.0825 e. The molecule has 0 aromatic carbocycles. The maximum atomic E-state index is 5.99. The first-order valence-corrected chi connectivity index (χ1v) is 6.40. The molecule has 1 aromatic rings. The van der Waals surface area contributed by atoms with Crippen molar-refractivity contribution in [3.63, 3.8) is 0 Å². The van der Waals surface area contributed by atoms with Crippen LogP contribution in [0.3, 0.4) is 0 Å². The number of hydrogen-bond acceptors (Lipinski definition) is 4. The van der Waals surface area contributed by atoms with Gasteiger partial charge in [-0.2, -0.15) is 15.4 Å². The number of aromatic nitrogens is 3. The summed E-state index contributed by atoms with van der Waals surface area (Å²) < 4.78 is 5.51. The van der Waals surface area contributed by atoms with Gasteiger partial charge in [-0.15, -0.1) is 11.8 Å². The van der Waals surface area contributed by atoms with Crippen molar-refractivity contribution in [2.45, 2.75) is 45.1 Å². The summed E-state index contributed by atoms with van der Waals surface area (Å²) in [5, 5.41) is 10.3. The molecule has 0 saturated carbocycles. The summed E-state index contributed by atoms with van der Waals surface area (Å²) in [5.74, 6) is 5.88. The van der Waals surface area contributed by atoms with Crippen molar-refractivity contribution >= 4 is 0 Å². The van der Waals surface area contributed by atoms with Crippen LogP contribution in [-0.4, -0.2) is 34.7 Å². The fourth-order valence-corrected chi connectivity index (χ4v) is 1.55. The van der Waals surface area contributed by atoms with E-state index >= 15 is 0 Å². The van der Waals surface area contributed by atoms with E-state index in [9.17, 15) is 0 Å². The lowest BCUT2D eigenvalue weighted by Crippen LogP contribution is -2.22. The average Bonchev–Trinajstić information content (AvgIpc) is 2.88. The fourth-order valence-electron chi connectivity index (χ4n) is 1.55. The Hall–Kier alpha value is -1.38. The van der Waals surface area contributed by atoms with Crippen LogP contribution < -0.4 is 5.73 Å². The topological polar surface area (TPSA) is 76.8 Å². The Kier molecular flexibility index (Phi) is 7.85. The highest BCUT2D eigenvalue weighted by Gasteiger charge is 2.04. The minimum absolute atomic E-state index is 0.164. The number of rotatable bonds is 9. The second-order valence-corrected chi connectivity index (χ2v) is 4.19. The van der Waals surface area contributed by atoms with E-state index in [1.807, 2.05) is 6.92 Å². The van der Waals surface area contributed by atoms with Gasteiger partial charge < -0.3 is 10.5 Å². The molecule has 1 heterocycles. The summed E-state index contributed by atoms with van der Waals surface area (Å²) in [6.07, 6.45) is 6.31. The second-order valence-electron chi connectivity index (χ2n) is 4.19. The van der Waals surface area contributed by atoms with Crippen LogP contribution in [-0.2, 0) is 11.2 Å². The Morgan fingerprint density at radius 2 is 2.33 bits per heavy atom. The quantitative estimate of drug-likeness (QED) is 0.511. The van der Waals surface area contributed by atoms with Gasteiger partial charge in [0.1, 0.15) is 0 Å². The lowest BCUT2D eigenvalue weighted by atomic mass is 10.1. The first-order valence-electron chi connectivity index (χ1n) is 6.40. The largest absolute Gasteiger partial charge is 0.381 e. The van der Waals surface area contributed by atoms with Crippen LogP contribution >= 0.6 is 0 Å². The normalized spacial score (nSPS) is 11.9. The molecule has 0 amide bonds. The van der Waals surface area contributed by atoms with Crippen LogP contribution in [0.15, 0.2) is 6.20 Å². The molecule has 0 bridgehead atoms. The van der Waals surface area contributed by atoms with E-state index in [0.717, 1.165) is 51.0 Å². The van der Waals surface area contributed by atoms with Crippen molar-refractivity contribution in [1.29, 1.82) is 0 Å². The van der Waals surface area contributed by atoms with E-state index in [-0.39, 0.29) is 6.04 Å². The van der Waals surface area contributed by atoms with E-state index in [1.165, 1.54) is 0 Å². The molecule has 0 saturated heterocycles. The number of H-pyrrole nitrogens is 1. The van der Waals surface area contributed by atoms with Gasteiger partial charge in [-0.3, -0.25) is 0 Å². The molecule has 5 heteroatoms. The third-order valence-electron chi connectivity index (χ3n) is 2.64. The summed E-state index contributed by atoms with van der Waals surface area (Å²) in [6.45, 7) is 3.35. The Morgan fingerprint density at radius 1 is 1.44 bits per heavy atom. The van der Waals surface area contributed by atoms with Crippen LogP contribution in [0.5, 0.6) is 0 Å². The molecule has 1 rings (SSSR count). The highest BCUT2D eigenvalue weighted by Crippen LogP contribution is 2.02. The summed E-state index contributed by atoms with van der Waals surface area (Å²) in [4.78, 5) is 0. The van der Waals surface area contributed by atoms with Crippen LogP contribution in [0.4, 0.5) is 0 Å². The first kappa shape index (κ1) is 14.7. The molecular weight excluding hydrogens is 228 g/mol. The standard InChI is InChI=1S/C13H22N4O/c1-2-3-4-5-9-18-10-8-12(14)6-7-13-11-15-17-16-13/h11-12H,4-10,14H2,1H3,(H,15,16,17). The molecule has 3 N–H and O–H groups in total. The molecule has 1 aromatic heterocycles. The molecule has 5 nitrogen and oxygen atoms in total. The van der Waals surface area contributed by atoms with Crippen molar-refractivity contribution in [1.82, 2.24) is 15.4 Å². The Morgan fingerprint density at radius 3 is 3.06 bits per heavy atom. The van der Waals surface area contributed by atoms with Crippen molar-refractivity contribution in [2.24, 2.45) is 5.73 Å². The minimum Gasteiger partial charge on any atom is -0.381 e. The third-order valence-corrected chi connectivity index (χ3v) is 2.64. The van der Waals surface area contributed by atoms with Crippen LogP contribution in [0, 0.1) is 11.8 Å². The molecule has 100 valence electrons. The number of aryl methyl sites for hydroxylation is 1. The number of unbranched alkanes of at least 4 members (excludes halogenated alkanes) is 1. The second kappa shape index (κ2) is 9.63. The fraction of sp³-hybridized carbons (Fsp3) is 0.692. The van der Waals surface area contributed by atoms with E-state index in [1.54, 1.807) is 6.20 Å². The summed E-state index contributed by atoms with van der Waals surface area (Å²) >= 11 is 0. The Balaban J connectivity index is 1.93. The first-order chi connectivity index (χ1) is 8.83. The number of nitrogens with two attached hydrogens (primary N) is 1. The van der Waals surface area contributed by atoms with Gasteiger partial charge in [0.15, 0.2) is 0 Å². The maximum absolute atomic E-state index is 5.99. The van der Waals surface area contributed by atoms with E-state index in [2.05, 4.69) is 27.3 Å². The zero-order valence-electron chi connectivity index (χ0n) is 11.0. The molecule has 0 aliphatic heterocycles. The molecular formula is C13H22N4O. The van der Waals surface area contributed by atoms with Crippen LogP contribution in [0.1, 0.15) is 38.3 Å². The zero-order valence-corrected chi connectivity index (χ0v) is 11.0. The predicted octanol–water partition coefficient (Wildman–Crippen LogP) is 1.27. The summed E-state index contributed by atoms with van der Waals surface area (Å²) in [6, 6.07) is 0.164. The third kappa shape index (κ3) is 7.05. The van der Waals surface area contributed by atoms with Gasteiger partial charge in [-0.05, 0) is 32.6 Å². The predicted molar refractivity (Wildman–Crippen MR) is 70.8 cm³/mol. The van der Waals surface area contributed by atoms with Gasteiger partial charge in [0, 0.05) is 25.7 Å². The monoisotopic (exact) mass is 250 g/mol. The lowest BCUT2D eigenvalue weighted by molar-refractivity contribution is 0.125. The molecule has 0 fully saturated rings. The molecule has 0 aliphatic carbocycles. The number of nitrogens with zero attached hydrogens (tertiary/aromatic N) is 2. The van der Waals surface area contributed by atoms with Gasteiger partial charge in [0.25, 0.3) is 0 Å². The molecule has 18 heavy (non-hydrogen) atoms. The molecule has 1 atom stereocenters. The summed E-state index contributed by atoms with van der Waals surface area (Å²) in [5.41, 5.74) is 6.95. The van der Waals surface area contributed by atoms with Crippen LogP contribution in [0.25, 0.3) is 0 Å². The van der Waals surface area contributed by atoms with Crippen molar-refractivity contribution in [3.05, 3.63) is 11.9 Å². The van der Waals surface area contributed by atoms with Gasteiger partial charge in [-0.1, -0.05) is 0 Å².